The van der Waals surface area contributed by atoms with Gasteiger partial charge in [0.2, 0.25) is 10.0 Å². The van der Waals surface area contributed by atoms with Gasteiger partial charge in [0.25, 0.3) is 5.91 Å². The number of amides is 1. The van der Waals surface area contributed by atoms with Gasteiger partial charge in [-0.3, -0.25) is 4.79 Å². The highest BCUT2D eigenvalue weighted by Gasteiger charge is 2.28. The molecular formula is C23H28FN3O3S. The highest BCUT2D eigenvalue weighted by atomic mass is 32.2. The molecule has 0 saturated carbocycles. The van der Waals surface area contributed by atoms with E-state index in [9.17, 15) is 17.6 Å². The lowest BCUT2D eigenvalue weighted by atomic mass is 10.1. The molecule has 0 radical (unpaired) electrons. The fraction of sp³-hybridized carbons (Fsp3) is 0.435. The van der Waals surface area contributed by atoms with Crippen LogP contribution in [0.3, 0.4) is 0 Å². The molecule has 31 heavy (non-hydrogen) atoms. The largest absolute Gasteiger partial charge is 0.371 e. The van der Waals surface area contributed by atoms with Crippen LogP contribution < -0.4 is 10.2 Å². The van der Waals surface area contributed by atoms with Gasteiger partial charge in [-0.2, -0.15) is 4.31 Å². The van der Waals surface area contributed by atoms with Gasteiger partial charge in [-0.1, -0.05) is 18.6 Å². The van der Waals surface area contributed by atoms with Crippen LogP contribution in [0.2, 0.25) is 0 Å². The average Bonchev–Trinajstić information content (AvgIpc) is 3.33. The molecule has 2 aromatic carbocycles. The van der Waals surface area contributed by atoms with E-state index >= 15 is 0 Å². The number of nitrogens with one attached hydrogen (secondary N) is 1. The molecule has 2 aromatic rings. The zero-order valence-electron chi connectivity index (χ0n) is 17.5. The van der Waals surface area contributed by atoms with Crippen molar-refractivity contribution in [1.29, 1.82) is 0 Å². The molecule has 2 saturated heterocycles. The van der Waals surface area contributed by atoms with E-state index < -0.39 is 10.0 Å². The third-order valence-electron chi connectivity index (χ3n) is 5.98. The molecule has 4 rings (SSSR count). The first-order valence-corrected chi connectivity index (χ1v) is 12.3. The van der Waals surface area contributed by atoms with Crippen molar-refractivity contribution in [2.75, 3.05) is 31.1 Å². The third-order valence-corrected chi connectivity index (χ3v) is 7.87. The summed E-state index contributed by atoms with van der Waals surface area (Å²) >= 11 is 0. The number of hydrogen-bond acceptors (Lipinski definition) is 4. The maximum atomic E-state index is 13.2. The Kier molecular flexibility index (Phi) is 6.57. The Labute approximate surface area is 183 Å². The van der Waals surface area contributed by atoms with Crippen LogP contribution in [0.4, 0.5) is 10.1 Å². The number of benzene rings is 2. The molecular weight excluding hydrogens is 417 g/mol. The van der Waals surface area contributed by atoms with Crippen LogP contribution in [0, 0.1) is 5.82 Å². The maximum Gasteiger partial charge on any atom is 0.253 e. The number of anilines is 1. The normalized spacial score (nSPS) is 17.6. The molecule has 6 nitrogen and oxygen atoms in total. The topological polar surface area (TPSA) is 69.7 Å². The molecule has 2 heterocycles. The van der Waals surface area contributed by atoms with E-state index in [2.05, 4.69) is 10.2 Å². The van der Waals surface area contributed by atoms with Gasteiger partial charge in [-0.25, -0.2) is 12.8 Å². The first-order chi connectivity index (χ1) is 14.9. The fourth-order valence-corrected chi connectivity index (χ4v) is 5.77. The molecule has 0 aliphatic carbocycles. The highest BCUT2D eigenvalue weighted by molar-refractivity contribution is 7.89. The van der Waals surface area contributed by atoms with Crippen LogP contribution in [0.1, 0.15) is 48.0 Å². The molecule has 8 heteroatoms. The van der Waals surface area contributed by atoms with Crippen molar-refractivity contribution in [3.8, 4) is 0 Å². The van der Waals surface area contributed by atoms with Gasteiger partial charge >= 0.3 is 0 Å². The van der Waals surface area contributed by atoms with E-state index in [1.165, 1.54) is 22.5 Å². The van der Waals surface area contributed by atoms with Crippen molar-refractivity contribution in [2.45, 2.75) is 43.5 Å². The molecule has 1 amide bonds. The monoisotopic (exact) mass is 445 g/mol. The summed E-state index contributed by atoms with van der Waals surface area (Å²) in [6.45, 7) is 2.96. The van der Waals surface area contributed by atoms with E-state index in [4.69, 9.17) is 0 Å². The van der Waals surface area contributed by atoms with Gasteiger partial charge < -0.3 is 10.2 Å². The predicted molar refractivity (Wildman–Crippen MR) is 118 cm³/mol. The molecule has 2 aliphatic heterocycles. The standard InChI is InChI=1S/C23H28FN3O3S/c24-19-8-6-18(7-9-19)17-25-23(28)21-16-20(10-11-22(21)26-12-4-5-13-26)31(29,30)27-14-2-1-3-15-27/h6-11,16H,1-5,12-15,17H2,(H,25,28). The number of halogens is 1. The molecule has 0 aromatic heterocycles. The minimum absolute atomic E-state index is 0.157. The first kappa shape index (κ1) is 21.8. The van der Waals surface area contributed by atoms with Crippen LogP contribution in [0.25, 0.3) is 0 Å². The van der Waals surface area contributed by atoms with Crippen LogP contribution in [0.5, 0.6) is 0 Å². The second-order valence-corrected chi connectivity index (χ2v) is 10.1. The Morgan fingerprint density at radius 3 is 2.23 bits per heavy atom. The van der Waals surface area contributed by atoms with E-state index in [-0.39, 0.29) is 23.2 Å². The van der Waals surface area contributed by atoms with E-state index in [0.717, 1.165) is 56.4 Å². The van der Waals surface area contributed by atoms with Crippen molar-refractivity contribution in [2.24, 2.45) is 0 Å². The van der Waals surface area contributed by atoms with Crippen molar-refractivity contribution in [3.05, 3.63) is 59.4 Å². The van der Waals surface area contributed by atoms with Crippen molar-refractivity contribution in [1.82, 2.24) is 9.62 Å². The van der Waals surface area contributed by atoms with Crippen LogP contribution in [-0.2, 0) is 16.6 Å². The van der Waals surface area contributed by atoms with Crippen molar-refractivity contribution < 1.29 is 17.6 Å². The van der Waals surface area contributed by atoms with E-state index in [0.29, 0.717) is 18.7 Å². The van der Waals surface area contributed by atoms with Crippen molar-refractivity contribution in [3.63, 3.8) is 0 Å². The summed E-state index contributed by atoms with van der Waals surface area (Å²) in [4.78, 5) is 15.4. The zero-order chi connectivity index (χ0) is 21.8. The van der Waals surface area contributed by atoms with Gasteiger partial charge in [-0.15, -0.1) is 0 Å². The van der Waals surface area contributed by atoms with Gasteiger partial charge in [-0.05, 0) is 61.6 Å². The number of rotatable bonds is 6. The summed E-state index contributed by atoms with van der Waals surface area (Å²) in [6.07, 6.45) is 4.85. The van der Waals surface area contributed by atoms with Gasteiger partial charge in [0.15, 0.2) is 0 Å². The molecule has 0 unspecified atom stereocenters. The quantitative estimate of drug-likeness (QED) is 0.739. The second-order valence-electron chi connectivity index (χ2n) is 8.15. The van der Waals surface area contributed by atoms with E-state index in [1.807, 2.05) is 0 Å². The Balaban J connectivity index is 1.61. The number of sulfonamides is 1. The Morgan fingerprint density at radius 2 is 1.55 bits per heavy atom. The predicted octanol–water partition coefficient (Wildman–Crippen LogP) is 3.53. The summed E-state index contributed by atoms with van der Waals surface area (Å²) in [6, 6.07) is 10.8. The summed E-state index contributed by atoms with van der Waals surface area (Å²) in [7, 11) is -3.64. The van der Waals surface area contributed by atoms with Gasteiger partial charge in [0.05, 0.1) is 10.5 Å². The van der Waals surface area contributed by atoms with E-state index in [1.54, 1.807) is 24.3 Å². The van der Waals surface area contributed by atoms with Crippen LogP contribution >= 0.6 is 0 Å². The highest BCUT2D eigenvalue weighted by Crippen LogP contribution is 2.29. The molecule has 0 bridgehead atoms. The number of hydrogen-bond donors (Lipinski definition) is 1. The lowest BCUT2D eigenvalue weighted by Crippen LogP contribution is -2.36. The molecule has 2 fully saturated rings. The molecule has 0 spiro atoms. The third kappa shape index (κ3) is 4.91. The number of carbonyl (C=O) groups excluding carboxylic acids is 1. The number of carbonyl (C=O) groups is 1. The minimum Gasteiger partial charge on any atom is -0.371 e. The Hall–Kier alpha value is -2.45. The van der Waals surface area contributed by atoms with Gasteiger partial charge in [0, 0.05) is 38.4 Å². The second kappa shape index (κ2) is 9.36. The Bertz CT molecular complexity index is 1030. The molecule has 0 atom stereocenters. The minimum atomic E-state index is -3.64. The molecule has 1 N–H and O–H groups in total. The lowest BCUT2D eigenvalue weighted by Gasteiger charge is -2.27. The molecule has 2 aliphatic rings. The number of nitrogens with zero attached hydrogens (tertiary/aromatic N) is 2. The number of piperidine rings is 1. The van der Waals surface area contributed by atoms with Crippen LogP contribution in [0.15, 0.2) is 47.4 Å². The Morgan fingerprint density at radius 1 is 0.903 bits per heavy atom. The van der Waals surface area contributed by atoms with Crippen molar-refractivity contribution >= 4 is 21.6 Å². The van der Waals surface area contributed by atoms with Crippen LogP contribution in [-0.4, -0.2) is 44.8 Å². The van der Waals surface area contributed by atoms with Gasteiger partial charge in [0.1, 0.15) is 5.82 Å². The summed E-state index contributed by atoms with van der Waals surface area (Å²) < 4.78 is 40.9. The first-order valence-electron chi connectivity index (χ1n) is 10.9. The lowest BCUT2D eigenvalue weighted by molar-refractivity contribution is 0.0951. The fourth-order valence-electron chi connectivity index (χ4n) is 4.23. The SMILES string of the molecule is O=C(NCc1ccc(F)cc1)c1cc(S(=O)(=O)N2CCCCC2)ccc1N1CCCC1. The molecule has 166 valence electrons. The summed E-state index contributed by atoms with van der Waals surface area (Å²) in [5, 5.41) is 2.86. The average molecular weight is 446 g/mol. The maximum absolute atomic E-state index is 13.2. The smallest absolute Gasteiger partial charge is 0.253 e. The summed E-state index contributed by atoms with van der Waals surface area (Å²) in [5.41, 5.74) is 1.89. The summed E-state index contributed by atoms with van der Waals surface area (Å²) in [5.74, 6) is -0.663. The zero-order valence-corrected chi connectivity index (χ0v) is 18.3.